The topological polar surface area (TPSA) is 58.5 Å². The fourth-order valence-corrected chi connectivity index (χ4v) is 2.64. The Hall–Kier alpha value is -1.05. The van der Waals surface area contributed by atoms with Gasteiger partial charge in [-0.2, -0.15) is 0 Å². The molecule has 0 radical (unpaired) electrons. The Balaban J connectivity index is 0.00000242. The molecule has 0 aromatic carbocycles. The van der Waals surface area contributed by atoms with Gasteiger partial charge in [-0.3, -0.25) is 4.99 Å². The number of nitrogens with one attached hydrogen (secondary N) is 2. The molecule has 0 aliphatic heterocycles. The van der Waals surface area contributed by atoms with Crippen molar-refractivity contribution in [2.45, 2.75) is 45.2 Å². The summed E-state index contributed by atoms with van der Waals surface area (Å²) in [7, 11) is 3.43. The molecule has 1 aromatic heterocycles. The molecule has 0 spiro atoms. The molecule has 1 aliphatic rings. The van der Waals surface area contributed by atoms with E-state index in [1.807, 2.05) is 18.2 Å². The molecule has 1 aromatic rings. The van der Waals surface area contributed by atoms with E-state index >= 15 is 0 Å². The van der Waals surface area contributed by atoms with Crippen molar-refractivity contribution in [2.24, 2.45) is 10.9 Å². The largest absolute Gasteiger partial charge is 0.481 e. The molecule has 1 saturated carbocycles. The molecule has 124 valence electrons. The van der Waals surface area contributed by atoms with Crippen LogP contribution in [-0.2, 0) is 6.54 Å². The van der Waals surface area contributed by atoms with Gasteiger partial charge in [-0.1, -0.05) is 13.0 Å². The summed E-state index contributed by atoms with van der Waals surface area (Å²) >= 11 is 0. The minimum Gasteiger partial charge on any atom is -0.481 e. The first-order chi connectivity index (χ1) is 10.2. The minimum atomic E-state index is 0. The maximum absolute atomic E-state index is 5.13. The normalized spacial score (nSPS) is 21.7. The van der Waals surface area contributed by atoms with Gasteiger partial charge >= 0.3 is 0 Å². The van der Waals surface area contributed by atoms with Gasteiger partial charge in [0.15, 0.2) is 5.96 Å². The van der Waals surface area contributed by atoms with E-state index in [1.54, 1.807) is 14.2 Å². The van der Waals surface area contributed by atoms with Gasteiger partial charge < -0.3 is 15.4 Å². The summed E-state index contributed by atoms with van der Waals surface area (Å²) in [5, 5.41) is 6.82. The molecule has 6 heteroatoms. The first kappa shape index (κ1) is 19.0. The third-order valence-electron chi connectivity index (χ3n) is 4.01. The average molecular weight is 418 g/mol. The second-order valence-electron chi connectivity index (χ2n) is 5.70. The Morgan fingerprint density at radius 2 is 2.05 bits per heavy atom. The SMILES string of the molecule is CN=C(NCc1cccc(OC)n1)NC1CCC(C)CC1.I. The first-order valence-corrected chi connectivity index (χ1v) is 7.68. The van der Waals surface area contributed by atoms with Crippen molar-refractivity contribution >= 4 is 29.9 Å². The number of methoxy groups -OCH3 is 1. The standard InChI is InChI=1S/C16H26N4O.HI/c1-12-7-9-13(10-8-12)20-16(17-2)18-11-14-5-4-6-15(19-14)21-3;/h4-6,12-13H,7-11H2,1-3H3,(H2,17,18,20);1H. The van der Waals surface area contributed by atoms with Crippen molar-refractivity contribution in [3.05, 3.63) is 23.9 Å². The zero-order valence-electron chi connectivity index (χ0n) is 13.6. The smallest absolute Gasteiger partial charge is 0.213 e. The number of aliphatic imine (C=N–C) groups is 1. The zero-order chi connectivity index (χ0) is 15.1. The fourth-order valence-electron chi connectivity index (χ4n) is 2.64. The molecule has 0 unspecified atom stereocenters. The number of nitrogens with zero attached hydrogens (tertiary/aromatic N) is 2. The average Bonchev–Trinajstić information content (AvgIpc) is 2.53. The number of guanidine groups is 1. The van der Waals surface area contributed by atoms with Crippen molar-refractivity contribution < 1.29 is 4.74 Å². The summed E-state index contributed by atoms with van der Waals surface area (Å²) < 4.78 is 5.13. The summed E-state index contributed by atoms with van der Waals surface area (Å²) in [6.45, 7) is 2.97. The second-order valence-corrected chi connectivity index (χ2v) is 5.70. The number of halogens is 1. The molecule has 0 saturated heterocycles. The van der Waals surface area contributed by atoms with Gasteiger partial charge in [0.2, 0.25) is 5.88 Å². The maximum atomic E-state index is 5.13. The molecule has 1 fully saturated rings. The van der Waals surface area contributed by atoms with E-state index in [9.17, 15) is 0 Å². The Morgan fingerprint density at radius 1 is 1.32 bits per heavy atom. The van der Waals surface area contributed by atoms with Crippen molar-refractivity contribution in [2.75, 3.05) is 14.2 Å². The molecule has 0 amide bonds. The summed E-state index contributed by atoms with van der Waals surface area (Å²) in [5.41, 5.74) is 0.939. The lowest BCUT2D eigenvalue weighted by Crippen LogP contribution is -2.44. The van der Waals surface area contributed by atoms with Gasteiger partial charge in [0.25, 0.3) is 0 Å². The van der Waals surface area contributed by atoms with Crippen LogP contribution < -0.4 is 15.4 Å². The highest BCUT2D eigenvalue weighted by Gasteiger charge is 2.18. The van der Waals surface area contributed by atoms with Crippen LogP contribution in [-0.4, -0.2) is 31.1 Å². The van der Waals surface area contributed by atoms with E-state index in [4.69, 9.17) is 4.74 Å². The number of pyridine rings is 1. The van der Waals surface area contributed by atoms with Crippen LogP contribution in [0.2, 0.25) is 0 Å². The van der Waals surface area contributed by atoms with E-state index in [1.165, 1.54) is 25.7 Å². The molecule has 5 nitrogen and oxygen atoms in total. The van der Waals surface area contributed by atoms with Crippen LogP contribution in [0.5, 0.6) is 5.88 Å². The van der Waals surface area contributed by atoms with Crippen LogP contribution >= 0.6 is 24.0 Å². The van der Waals surface area contributed by atoms with Gasteiger partial charge in [-0.25, -0.2) is 4.98 Å². The van der Waals surface area contributed by atoms with Crippen molar-refractivity contribution in [1.82, 2.24) is 15.6 Å². The Labute approximate surface area is 150 Å². The molecule has 2 rings (SSSR count). The minimum absolute atomic E-state index is 0. The lowest BCUT2D eigenvalue weighted by molar-refractivity contribution is 0.329. The number of hydrogen-bond acceptors (Lipinski definition) is 3. The summed E-state index contributed by atoms with van der Waals surface area (Å²) in [6.07, 6.45) is 5.04. The Kier molecular flexibility index (Phi) is 8.52. The second kappa shape index (κ2) is 9.86. The van der Waals surface area contributed by atoms with E-state index in [0.29, 0.717) is 18.5 Å². The highest BCUT2D eigenvalue weighted by Crippen LogP contribution is 2.23. The molecule has 1 aliphatic carbocycles. The summed E-state index contributed by atoms with van der Waals surface area (Å²) in [6, 6.07) is 6.30. The van der Waals surface area contributed by atoms with Crippen molar-refractivity contribution in [1.29, 1.82) is 0 Å². The molecule has 2 N–H and O–H groups in total. The molecule has 0 bridgehead atoms. The van der Waals surface area contributed by atoms with Gasteiger partial charge in [0.05, 0.1) is 19.3 Å². The third-order valence-corrected chi connectivity index (χ3v) is 4.01. The lowest BCUT2D eigenvalue weighted by atomic mass is 9.87. The number of hydrogen-bond donors (Lipinski definition) is 2. The highest BCUT2D eigenvalue weighted by atomic mass is 127. The first-order valence-electron chi connectivity index (χ1n) is 7.68. The lowest BCUT2D eigenvalue weighted by Gasteiger charge is -2.28. The molecular weight excluding hydrogens is 391 g/mol. The van der Waals surface area contributed by atoms with Crippen molar-refractivity contribution in [3.63, 3.8) is 0 Å². The summed E-state index contributed by atoms with van der Waals surface area (Å²) in [5.74, 6) is 2.34. The van der Waals surface area contributed by atoms with Crippen LogP contribution in [0.4, 0.5) is 0 Å². The Morgan fingerprint density at radius 3 is 2.68 bits per heavy atom. The van der Waals surface area contributed by atoms with E-state index in [-0.39, 0.29) is 24.0 Å². The van der Waals surface area contributed by atoms with Gasteiger partial charge in [0, 0.05) is 19.2 Å². The van der Waals surface area contributed by atoms with Crippen LogP contribution in [0.1, 0.15) is 38.3 Å². The quantitative estimate of drug-likeness (QED) is 0.449. The molecule has 0 atom stereocenters. The van der Waals surface area contributed by atoms with E-state index in [0.717, 1.165) is 17.6 Å². The monoisotopic (exact) mass is 418 g/mol. The van der Waals surface area contributed by atoms with Gasteiger partial charge in [-0.15, -0.1) is 24.0 Å². The molecule has 22 heavy (non-hydrogen) atoms. The molecular formula is C16H27IN4O. The van der Waals surface area contributed by atoms with Crippen LogP contribution in [0.15, 0.2) is 23.2 Å². The number of rotatable bonds is 4. The predicted octanol–water partition coefficient (Wildman–Crippen LogP) is 2.95. The van der Waals surface area contributed by atoms with Gasteiger partial charge in [-0.05, 0) is 37.7 Å². The van der Waals surface area contributed by atoms with E-state index < -0.39 is 0 Å². The van der Waals surface area contributed by atoms with Crippen LogP contribution in [0, 0.1) is 5.92 Å². The zero-order valence-corrected chi connectivity index (χ0v) is 16.0. The fraction of sp³-hybridized carbons (Fsp3) is 0.625. The number of ether oxygens (including phenoxy) is 1. The molecule has 1 heterocycles. The van der Waals surface area contributed by atoms with Gasteiger partial charge in [0.1, 0.15) is 0 Å². The maximum Gasteiger partial charge on any atom is 0.213 e. The van der Waals surface area contributed by atoms with Crippen LogP contribution in [0.25, 0.3) is 0 Å². The number of aromatic nitrogens is 1. The summed E-state index contributed by atoms with van der Waals surface area (Å²) in [4.78, 5) is 8.68. The van der Waals surface area contributed by atoms with E-state index in [2.05, 4.69) is 27.5 Å². The van der Waals surface area contributed by atoms with Crippen LogP contribution in [0.3, 0.4) is 0 Å². The Bertz CT molecular complexity index is 473. The highest BCUT2D eigenvalue weighted by molar-refractivity contribution is 14.0. The predicted molar refractivity (Wildman–Crippen MR) is 101 cm³/mol. The van der Waals surface area contributed by atoms with Crippen molar-refractivity contribution in [3.8, 4) is 5.88 Å². The third kappa shape index (κ3) is 5.98.